The number of alkyl carbamates (subject to hydrolysis) is 1. The van der Waals surface area contributed by atoms with Crippen LogP contribution in [0, 0.1) is 11.8 Å². The van der Waals surface area contributed by atoms with E-state index in [1.165, 1.54) is 0 Å². The zero-order chi connectivity index (χ0) is 22.8. The van der Waals surface area contributed by atoms with Crippen LogP contribution < -0.4 is 21.3 Å². The lowest BCUT2D eigenvalue weighted by Crippen LogP contribution is -2.40. The molecule has 0 aliphatic rings. The van der Waals surface area contributed by atoms with Gasteiger partial charge in [0.1, 0.15) is 6.54 Å². The van der Waals surface area contributed by atoms with Gasteiger partial charge in [-0.15, -0.1) is 0 Å². The van der Waals surface area contributed by atoms with Gasteiger partial charge in [-0.2, -0.15) is 0 Å². The van der Waals surface area contributed by atoms with Crippen LogP contribution in [0.4, 0.5) is 4.79 Å². The standard InChI is InChI=1S/C11H22N2O3.C9H18N2O2/c1-5-9(4)7-16-11(15)12-6-10(14)13-8(2)3;1-4-7(2)5-8(12)11-6-9(13)10-3/h8-9H,5-7H2,1-4H3,(H,12,15)(H,13,14);7H,4-6H2,1-3H3,(H,10,13)(H,11,12). The molecule has 0 bridgehead atoms. The number of likely N-dealkylation sites (N-methyl/N-ethyl adjacent to an activating group) is 1. The zero-order valence-corrected chi connectivity index (χ0v) is 19.0. The number of nitrogens with one attached hydrogen (secondary N) is 4. The lowest BCUT2D eigenvalue weighted by Gasteiger charge is -2.11. The molecule has 0 aliphatic carbocycles. The van der Waals surface area contributed by atoms with E-state index in [1.807, 2.05) is 41.5 Å². The maximum Gasteiger partial charge on any atom is 0.407 e. The molecular formula is C20H40N4O5. The molecule has 4 amide bonds. The van der Waals surface area contributed by atoms with Crippen molar-refractivity contribution in [3.8, 4) is 0 Å². The van der Waals surface area contributed by atoms with Crippen LogP contribution in [0.15, 0.2) is 0 Å². The van der Waals surface area contributed by atoms with Gasteiger partial charge in [-0.1, -0.05) is 40.5 Å². The van der Waals surface area contributed by atoms with Crippen molar-refractivity contribution in [2.75, 3.05) is 26.7 Å². The van der Waals surface area contributed by atoms with Crippen LogP contribution in [-0.4, -0.2) is 56.6 Å². The highest BCUT2D eigenvalue weighted by Crippen LogP contribution is 2.05. The molecule has 0 aromatic heterocycles. The van der Waals surface area contributed by atoms with Crippen LogP contribution >= 0.6 is 0 Å². The third kappa shape index (κ3) is 20.2. The number of rotatable bonds is 11. The molecule has 2 unspecified atom stereocenters. The third-order valence-corrected chi connectivity index (χ3v) is 3.99. The van der Waals surface area contributed by atoms with Crippen LogP contribution in [0.3, 0.4) is 0 Å². The van der Waals surface area contributed by atoms with Crippen molar-refractivity contribution in [3.05, 3.63) is 0 Å². The summed E-state index contributed by atoms with van der Waals surface area (Å²) in [6, 6.07) is 0.0745. The fourth-order valence-corrected chi connectivity index (χ4v) is 1.71. The van der Waals surface area contributed by atoms with Gasteiger partial charge in [-0.3, -0.25) is 14.4 Å². The van der Waals surface area contributed by atoms with Crippen molar-refractivity contribution in [2.24, 2.45) is 11.8 Å². The zero-order valence-electron chi connectivity index (χ0n) is 19.0. The van der Waals surface area contributed by atoms with Crippen LogP contribution in [0.5, 0.6) is 0 Å². The van der Waals surface area contributed by atoms with Gasteiger partial charge in [0.25, 0.3) is 0 Å². The van der Waals surface area contributed by atoms with Gasteiger partial charge in [0.2, 0.25) is 17.7 Å². The summed E-state index contributed by atoms with van der Waals surface area (Å²) in [6.45, 7) is 12.2. The van der Waals surface area contributed by atoms with E-state index in [9.17, 15) is 19.2 Å². The van der Waals surface area contributed by atoms with E-state index >= 15 is 0 Å². The summed E-state index contributed by atoms with van der Waals surface area (Å²) in [5.41, 5.74) is 0. The maximum absolute atomic E-state index is 11.2. The SMILES string of the molecule is CCC(C)CC(=O)NCC(=O)NC.CCC(C)COC(=O)NCC(=O)NC(C)C. The van der Waals surface area contributed by atoms with Crippen LogP contribution in [0.25, 0.3) is 0 Å². The third-order valence-electron chi connectivity index (χ3n) is 3.99. The first-order chi connectivity index (χ1) is 13.5. The molecule has 4 N–H and O–H groups in total. The Morgan fingerprint density at radius 2 is 1.34 bits per heavy atom. The number of amides is 4. The van der Waals surface area contributed by atoms with E-state index in [4.69, 9.17) is 4.74 Å². The smallest absolute Gasteiger partial charge is 0.407 e. The largest absolute Gasteiger partial charge is 0.449 e. The minimum absolute atomic E-state index is 0.0441. The minimum Gasteiger partial charge on any atom is -0.449 e. The van der Waals surface area contributed by atoms with E-state index in [-0.39, 0.29) is 36.9 Å². The summed E-state index contributed by atoms with van der Waals surface area (Å²) in [5, 5.41) is 10.0. The second-order valence-corrected chi connectivity index (χ2v) is 7.36. The van der Waals surface area contributed by atoms with E-state index in [1.54, 1.807) is 7.05 Å². The summed E-state index contributed by atoms with van der Waals surface area (Å²) in [4.78, 5) is 44.2. The number of hydrogen-bond acceptors (Lipinski definition) is 5. The Morgan fingerprint density at radius 3 is 1.83 bits per heavy atom. The molecule has 9 nitrogen and oxygen atoms in total. The molecule has 0 fully saturated rings. The maximum atomic E-state index is 11.2. The van der Waals surface area contributed by atoms with E-state index in [0.29, 0.717) is 24.9 Å². The van der Waals surface area contributed by atoms with Crippen molar-refractivity contribution in [1.29, 1.82) is 0 Å². The Hall–Kier alpha value is -2.32. The predicted molar refractivity (Wildman–Crippen MR) is 113 cm³/mol. The number of carbonyl (C=O) groups excluding carboxylic acids is 4. The van der Waals surface area contributed by atoms with Gasteiger partial charge < -0.3 is 26.0 Å². The lowest BCUT2D eigenvalue weighted by molar-refractivity contribution is -0.126. The summed E-state index contributed by atoms with van der Waals surface area (Å²) < 4.78 is 4.92. The molecule has 0 heterocycles. The highest BCUT2D eigenvalue weighted by atomic mass is 16.5. The topological polar surface area (TPSA) is 126 Å². The second-order valence-electron chi connectivity index (χ2n) is 7.36. The fraction of sp³-hybridized carbons (Fsp3) is 0.800. The van der Waals surface area contributed by atoms with Gasteiger partial charge in [0.05, 0.1) is 13.2 Å². The molecule has 0 aromatic rings. The highest BCUT2D eigenvalue weighted by molar-refractivity contribution is 5.84. The Bertz CT molecular complexity index is 497. The van der Waals surface area contributed by atoms with E-state index in [0.717, 1.165) is 12.8 Å². The number of hydrogen-bond donors (Lipinski definition) is 4. The lowest BCUT2D eigenvalue weighted by atomic mass is 10.1. The molecule has 0 aromatic carbocycles. The second kappa shape index (κ2) is 17.8. The van der Waals surface area contributed by atoms with Crippen LogP contribution in [-0.2, 0) is 19.1 Å². The molecule has 29 heavy (non-hydrogen) atoms. The Kier molecular flexibility index (Phi) is 17.7. The van der Waals surface area contributed by atoms with Gasteiger partial charge in [0, 0.05) is 19.5 Å². The van der Waals surface area contributed by atoms with Gasteiger partial charge in [-0.25, -0.2) is 4.79 Å². The molecule has 0 rings (SSSR count). The molecule has 0 spiro atoms. The molecule has 9 heteroatoms. The van der Waals surface area contributed by atoms with Crippen molar-refractivity contribution in [2.45, 2.75) is 66.8 Å². The quantitative estimate of drug-likeness (QED) is 0.407. The van der Waals surface area contributed by atoms with Gasteiger partial charge in [0.15, 0.2) is 0 Å². The monoisotopic (exact) mass is 416 g/mol. The average Bonchev–Trinajstić information content (AvgIpc) is 2.68. The summed E-state index contributed by atoms with van der Waals surface area (Å²) >= 11 is 0. The van der Waals surface area contributed by atoms with Crippen molar-refractivity contribution < 1.29 is 23.9 Å². The van der Waals surface area contributed by atoms with Crippen molar-refractivity contribution >= 4 is 23.8 Å². The Morgan fingerprint density at radius 1 is 0.793 bits per heavy atom. The van der Waals surface area contributed by atoms with Crippen molar-refractivity contribution in [1.82, 2.24) is 21.3 Å². The molecule has 0 radical (unpaired) electrons. The van der Waals surface area contributed by atoms with Gasteiger partial charge >= 0.3 is 6.09 Å². The Labute approximate surface area is 175 Å². The minimum atomic E-state index is -0.542. The predicted octanol–water partition coefficient (Wildman–Crippen LogP) is 1.57. The normalized spacial score (nSPS) is 12.0. The van der Waals surface area contributed by atoms with E-state index in [2.05, 4.69) is 21.3 Å². The molecule has 170 valence electrons. The Balaban J connectivity index is 0. The number of ether oxygens (including phenoxy) is 1. The van der Waals surface area contributed by atoms with Crippen molar-refractivity contribution in [3.63, 3.8) is 0 Å². The molecule has 0 aliphatic heterocycles. The van der Waals surface area contributed by atoms with E-state index < -0.39 is 6.09 Å². The molecule has 0 saturated carbocycles. The summed E-state index contributed by atoms with van der Waals surface area (Å²) in [5.74, 6) is 0.283. The molecular weight excluding hydrogens is 376 g/mol. The van der Waals surface area contributed by atoms with Crippen LogP contribution in [0.2, 0.25) is 0 Å². The molecule has 0 saturated heterocycles. The number of carbonyl (C=O) groups is 4. The van der Waals surface area contributed by atoms with Gasteiger partial charge in [-0.05, 0) is 25.7 Å². The molecule has 2 atom stereocenters. The average molecular weight is 417 g/mol. The first-order valence-electron chi connectivity index (χ1n) is 10.2. The first-order valence-corrected chi connectivity index (χ1v) is 10.2. The summed E-state index contributed by atoms with van der Waals surface area (Å²) in [7, 11) is 1.54. The first kappa shape index (κ1) is 28.9. The fourth-order valence-electron chi connectivity index (χ4n) is 1.71. The van der Waals surface area contributed by atoms with Crippen LogP contribution in [0.1, 0.15) is 60.8 Å². The highest BCUT2D eigenvalue weighted by Gasteiger charge is 2.09. The summed E-state index contributed by atoms with van der Waals surface area (Å²) in [6.07, 6.45) is 1.89.